The van der Waals surface area contributed by atoms with E-state index in [-0.39, 0.29) is 0 Å². The number of hydrogen-bond donors (Lipinski definition) is 1. The zero-order valence-electron chi connectivity index (χ0n) is 12.4. The monoisotopic (exact) mass is 279 g/mol. The summed E-state index contributed by atoms with van der Waals surface area (Å²) in [6.45, 7) is 4.72. The molecule has 0 radical (unpaired) electrons. The highest BCUT2D eigenvalue weighted by Gasteiger charge is 2.35. The summed E-state index contributed by atoms with van der Waals surface area (Å²) in [6.07, 6.45) is 2.91. The molecule has 2 atom stereocenters. The molecule has 0 heterocycles. The zero-order valence-corrected chi connectivity index (χ0v) is 12.4. The van der Waals surface area contributed by atoms with E-state index in [1.807, 2.05) is 12.1 Å². The summed E-state index contributed by atoms with van der Waals surface area (Å²) >= 11 is 0. The van der Waals surface area contributed by atoms with E-state index in [0.717, 1.165) is 13.0 Å². The van der Waals surface area contributed by atoms with Gasteiger partial charge in [-0.15, -0.1) is 6.58 Å². The van der Waals surface area contributed by atoms with E-state index in [9.17, 15) is 5.11 Å². The molecule has 0 aliphatic heterocycles. The molecular formula is C19H21NO. The number of benzene rings is 2. The van der Waals surface area contributed by atoms with Crippen molar-refractivity contribution < 1.29 is 5.11 Å². The first-order chi connectivity index (χ1) is 10.2. The number of rotatable bonds is 4. The van der Waals surface area contributed by atoms with E-state index < -0.39 is 0 Å². The molecule has 0 aromatic heterocycles. The van der Waals surface area contributed by atoms with E-state index >= 15 is 0 Å². The Morgan fingerprint density at radius 3 is 2.71 bits per heavy atom. The number of likely N-dealkylation sites (N-methyl/N-ethyl adjacent to an activating group) is 1. The van der Waals surface area contributed by atoms with Crippen molar-refractivity contribution in [3.05, 3.63) is 77.9 Å². The molecule has 0 spiro atoms. The van der Waals surface area contributed by atoms with Crippen LogP contribution in [0.15, 0.2) is 61.2 Å². The number of nitrogens with zero attached hydrogens (tertiary/aromatic N) is 1. The van der Waals surface area contributed by atoms with Crippen LogP contribution in [0, 0.1) is 0 Å². The minimum absolute atomic E-state index is 0.353. The predicted molar refractivity (Wildman–Crippen MR) is 86.7 cm³/mol. The van der Waals surface area contributed by atoms with Crippen molar-refractivity contribution in [2.24, 2.45) is 0 Å². The first-order valence-electron chi connectivity index (χ1n) is 7.38. The molecule has 0 bridgehead atoms. The van der Waals surface area contributed by atoms with Gasteiger partial charge in [0, 0.05) is 18.5 Å². The highest BCUT2D eigenvalue weighted by atomic mass is 16.3. The van der Waals surface area contributed by atoms with Gasteiger partial charge in [0.05, 0.1) is 0 Å². The van der Waals surface area contributed by atoms with Crippen molar-refractivity contribution in [3.63, 3.8) is 0 Å². The Labute approximate surface area is 126 Å². The van der Waals surface area contributed by atoms with Gasteiger partial charge in [-0.1, -0.05) is 42.5 Å². The Morgan fingerprint density at radius 2 is 2.00 bits per heavy atom. The highest BCUT2D eigenvalue weighted by molar-refractivity contribution is 5.47. The lowest BCUT2D eigenvalue weighted by Gasteiger charge is -2.29. The molecule has 1 N–H and O–H groups in total. The fourth-order valence-electron chi connectivity index (χ4n) is 3.43. The average molecular weight is 279 g/mol. The summed E-state index contributed by atoms with van der Waals surface area (Å²) in [6, 6.07) is 16.8. The molecule has 0 amide bonds. The van der Waals surface area contributed by atoms with E-state index in [1.165, 1.54) is 16.7 Å². The molecule has 0 saturated heterocycles. The van der Waals surface area contributed by atoms with E-state index in [1.54, 1.807) is 6.07 Å². The fourth-order valence-corrected chi connectivity index (χ4v) is 3.43. The maximum absolute atomic E-state index is 9.75. The van der Waals surface area contributed by atoms with Gasteiger partial charge in [0.1, 0.15) is 5.75 Å². The fraction of sp³-hybridized carbons (Fsp3) is 0.263. The minimum Gasteiger partial charge on any atom is -0.508 e. The van der Waals surface area contributed by atoms with Gasteiger partial charge in [-0.3, -0.25) is 4.90 Å². The summed E-state index contributed by atoms with van der Waals surface area (Å²) in [4.78, 5) is 2.35. The van der Waals surface area contributed by atoms with Crippen molar-refractivity contribution in [2.75, 3.05) is 13.6 Å². The molecule has 21 heavy (non-hydrogen) atoms. The lowest BCUT2D eigenvalue weighted by molar-refractivity contribution is 0.256. The molecule has 1 aliphatic carbocycles. The van der Waals surface area contributed by atoms with Gasteiger partial charge in [0.2, 0.25) is 0 Å². The largest absolute Gasteiger partial charge is 0.508 e. The summed E-state index contributed by atoms with van der Waals surface area (Å²) in [5, 5.41) is 9.75. The van der Waals surface area contributed by atoms with Crippen LogP contribution in [0.2, 0.25) is 0 Å². The molecule has 0 fully saturated rings. The van der Waals surface area contributed by atoms with Gasteiger partial charge in [-0.25, -0.2) is 0 Å². The van der Waals surface area contributed by atoms with E-state index in [4.69, 9.17) is 0 Å². The lowest BCUT2D eigenvalue weighted by atomic mass is 9.89. The Kier molecular flexibility index (Phi) is 3.80. The van der Waals surface area contributed by atoms with Crippen LogP contribution in [0.3, 0.4) is 0 Å². The predicted octanol–water partition coefficient (Wildman–Crippen LogP) is 3.57. The third kappa shape index (κ3) is 2.59. The number of fused-ring (bicyclic) bond motifs is 1. The molecule has 2 aromatic carbocycles. The highest BCUT2D eigenvalue weighted by Crippen LogP contribution is 2.41. The summed E-state index contributed by atoms with van der Waals surface area (Å²) in [5.41, 5.74) is 3.92. The molecule has 0 saturated carbocycles. The van der Waals surface area contributed by atoms with Gasteiger partial charge in [-0.05, 0) is 42.3 Å². The SMILES string of the molecule is C=CCN(C)[C@@H]1Cc2cc(O)ccc2[C@H]1c1ccccc1. The molecule has 3 rings (SSSR count). The quantitative estimate of drug-likeness (QED) is 0.865. The topological polar surface area (TPSA) is 23.5 Å². The van der Waals surface area contributed by atoms with Crippen molar-refractivity contribution in [1.29, 1.82) is 0 Å². The first-order valence-corrected chi connectivity index (χ1v) is 7.38. The number of phenolic OH excluding ortho intramolecular Hbond substituents is 1. The molecule has 2 nitrogen and oxygen atoms in total. The minimum atomic E-state index is 0.353. The summed E-state index contributed by atoms with van der Waals surface area (Å²) < 4.78 is 0. The molecule has 1 aliphatic rings. The van der Waals surface area contributed by atoms with Crippen LogP contribution < -0.4 is 0 Å². The Balaban J connectivity index is 2.04. The van der Waals surface area contributed by atoms with Gasteiger partial charge >= 0.3 is 0 Å². The average Bonchev–Trinajstić information content (AvgIpc) is 2.87. The maximum Gasteiger partial charge on any atom is 0.115 e. The lowest BCUT2D eigenvalue weighted by Crippen LogP contribution is -2.35. The zero-order chi connectivity index (χ0) is 14.8. The van der Waals surface area contributed by atoms with E-state index in [0.29, 0.717) is 17.7 Å². The van der Waals surface area contributed by atoms with Crippen LogP contribution in [0.4, 0.5) is 0 Å². The van der Waals surface area contributed by atoms with Crippen molar-refractivity contribution in [3.8, 4) is 5.75 Å². The molecule has 0 unspecified atom stereocenters. The van der Waals surface area contributed by atoms with Crippen LogP contribution in [0.1, 0.15) is 22.6 Å². The van der Waals surface area contributed by atoms with Crippen LogP contribution in [0.5, 0.6) is 5.75 Å². The van der Waals surface area contributed by atoms with Gasteiger partial charge in [0.15, 0.2) is 0 Å². The second kappa shape index (κ2) is 5.74. The molecule has 2 heteroatoms. The number of phenols is 1. The van der Waals surface area contributed by atoms with Crippen molar-refractivity contribution >= 4 is 0 Å². The van der Waals surface area contributed by atoms with Crippen LogP contribution in [-0.4, -0.2) is 29.6 Å². The van der Waals surface area contributed by atoms with Gasteiger partial charge < -0.3 is 5.11 Å². The summed E-state index contributed by atoms with van der Waals surface area (Å²) in [7, 11) is 2.15. The molecule has 2 aromatic rings. The van der Waals surface area contributed by atoms with Crippen molar-refractivity contribution in [1.82, 2.24) is 4.90 Å². The van der Waals surface area contributed by atoms with E-state index in [2.05, 4.69) is 54.9 Å². The second-order valence-corrected chi connectivity index (χ2v) is 5.77. The summed E-state index contributed by atoms with van der Waals surface area (Å²) in [5.74, 6) is 0.708. The Bertz CT molecular complexity index is 635. The Morgan fingerprint density at radius 1 is 1.24 bits per heavy atom. The number of aromatic hydroxyl groups is 1. The smallest absolute Gasteiger partial charge is 0.115 e. The van der Waals surface area contributed by atoms with Gasteiger partial charge in [0.25, 0.3) is 0 Å². The Hall–Kier alpha value is -2.06. The van der Waals surface area contributed by atoms with Crippen LogP contribution in [-0.2, 0) is 6.42 Å². The number of hydrogen-bond acceptors (Lipinski definition) is 2. The maximum atomic E-state index is 9.75. The normalized spacial score (nSPS) is 20.5. The molecule has 108 valence electrons. The van der Waals surface area contributed by atoms with Gasteiger partial charge in [-0.2, -0.15) is 0 Å². The van der Waals surface area contributed by atoms with Crippen LogP contribution >= 0.6 is 0 Å². The third-order valence-corrected chi connectivity index (χ3v) is 4.42. The van der Waals surface area contributed by atoms with Crippen molar-refractivity contribution in [2.45, 2.75) is 18.4 Å². The molecular weight excluding hydrogens is 258 g/mol. The standard InChI is InChI=1S/C19H21NO/c1-3-11-20(2)18-13-15-12-16(21)9-10-17(15)19(18)14-7-5-4-6-8-14/h3-10,12,18-19,21H,1,11,13H2,2H3/t18-,19-/m1/s1. The first kappa shape index (κ1) is 13.9. The van der Waals surface area contributed by atoms with Crippen LogP contribution in [0.25, 0.3) is 0 Å². The second-order valence-electron chi connectivity index (χ2n) is 5.77. The third-order valence-electron chi connectivity index (χ3n) is 4.42.